The molecule has 22 heavy (non-hydrogen) atoms. The van der Waals surface area contributed by atoms with E-state index in [1.807, 2.05) is 0 Å². The van der Waals surface area contributed by atoms with Crippen molar-refractivity contribution in [3.8, 4) is 0 Å². The van der Waals surface area contributed by atoms with Gasteiger partial charge in [-0.2, -0.15) is 4.31 Å². The molecule has 9 heteroatoms. The van der Waals surface area contributed by atoms with E-state index < -0.39 is 10.0 Å². The Morgan fingerprint density at radius 2 is 1.95 bits per heavy atom. The molecule has 0 atom stereocenters. The van der Waals surface area contributed by atoms with Gasteiger partial charge < -0.3 is 5.73 Å². The van der Waals surface area contributed by atoms with Crippen LogP contribution in [0.5, 0.6) is 0 Å². The Kier molecular flexibility index (Phi) is 3.76. The molecule has 1 aromatic heterocycles. The average Bonchev–Trinajstić information content (AvgIpc) is 2.86. The maximum absolute atomic E-state index is 12.8. The number of benzene rings is 1. The monoisotopic (exact) mass is 358 g/mol. The molecule has 0 spiro atoms. The van der Waals surface area contributed by atoms with Gasteiger partial charge in [-0.25, -0.2) is 18.4 Å². The molecule has 0 saturated carbocycles. The summed E-state index contributed by atoms with van der Waals surface area (Å²) >= 11 is 12.0. The van der Waals surface area contributed by atoms with Gasteiger partial charge in [0.2, 0.25) is 16.0 Å². The molecule has 1 aliphatic heterocycles. The van der Waals surface area contributed by atoms with Crippen molar-refractivity contribution in [2.45, 2.75) is 24.9 Å². The lowest BCUT2D eigenvalue weighted by molar-refractivity contribution is 0.430. The quantitative estimate of drug-likeness (QED) is 0.889. The maximum Gasteiger partial charge on any atom is 0.245 e. The van der Waals surface area contributed by atoms with Crippen molar-refractivity contribution in [3.63, 3.8) is 0 Å². The molecule has 1 aliphatic rings. The average molecular weight is 359 g/mol. The summed E-state index contributed by atoms with van der Waals surface area (Å²) in [6, 6.07) is 2.91. The highest BCUT2D eigenvalue weighted by Crippen LogP contribution is 2.33. The van der Waals surface area contributed by atoms with Crippen LogP contribution in [0.4, 0.5) is 5.95 Å². The van der Waals surface area contributed by atoms with Crippen LogP contribution in [0.15, 0.2) is 23.2 Å². The number of nitrogen functional groups attached to an aromatic ring is 1. The van der Waals surface area contributed by atoms with Gasteiger partial charge in [0.15, 0.2) is 0 Å². The van der Waals surface area contributed by atoms with Crippen LogP contribution in [-0.2, 0) is 23.1 Å². The van der Waals surface area contributed by atoms with Crippen molar-refractivity contribution in [2.24, 2.45) is 0 Å². The number of nitrogens with two attached hydrogens (primary N) is 1. The van der Waals surface area contributed by atoms with Crippen LogP contribution in [0.1, 0.15) is 16.8 Å². The Balaban J connectivity index is 2.01. The summed E-state index contributed by atoms with van der Waals surface area (Å²) in [5.74, 6) is 0.123. The minimum atomic E-state index is -3.76. The second kappa shape index (κ2) is 5.34. The normalized spacial score (nSPS) is 15.0. The molecule has 0 amide bonds. The number of aryl methyl sites for hydroxylation is 1. The first-order chi connectivity index (χ1) is 10.3. The van der Waals surface area contributed by atoms with E-state index in [0.29, 0.717) is 16.3 Å². The molecule has 0 aliphatic carbocycles. The van der Waals surface area contributed by atoms with Gasteiger partial charge >= 0.3 is 0 Å². The molecule has 3 rings (SSSR count). The summed E-state index contributed by atoms with van der Waals surface area (Å²) in [5.41, 5.74) is 7.52. The summed E-state index contributed by atoms with van der Waals surface area (Å²) in [6.45, 7) is 2.06. The zero-order valence-corrected chi connectivity index (χ0v) is 13.9. The molecule has 0 radical (unpaired) electrons. The van der Waals surface area contributed by atoms with E-state index in [1.54, 1.807) is 13.1 Å². The number of hydrogen-bond donors (Lipinski definition) is 1. The zero-order chi connectivity index (χ0) is 16.1. The van der Waals surface area contributed by atoms with Crippen LogP contribution in [0.3, 0.4) is 0 Å². The molecule has 2 heterocycles. The summed E-state index contributed by atoms with van der Waals surface area (Å²) in [4.78, 5) is 7.99. The first kappa shape index (κ1) is 15.5. The second-order valence-electron chi connectivity index (χ2n) is 5.01. The molecular weight excluding hydrogens is 347 g/mol. The maximum atomic E-state index is 12.8. The van der Waals surface area contributed by atoms with Crippen LogP contribution in [-0.4, -0.2) is 22.7 Å². The van der Waals surface area contributed by atoms with Gasteiger partial charge in [-0.15, -0.1) is 0 Å². The summed E-state index contributed by atoms with van der Waals surface area (Å²) in [5, 5.41) is 0.518. The number of rotatable bonds is 2. The van der Waals surface area contributed by atoms with Gasteiger partial charge in [0.25, 0.3) is 0 Å². The predicted molar refractivity (Wildman–Crippen MR) is 84.1 cm³/mol. The molecular formula is C13H12Cl2N4O2S. The van der Waals surface area contributed by atoms with Crippen molar-refractivity contribution < 1.29 is 8.42 Å². The van der Waals surface area contributed by atoms with E-state index >= 15 is 0 Å². The van der Waals surface area contributed by atoms with E-state index in [9.17, 15) is 8.42 Å². The molecule has 116 valence electrons. The number of aromatic nitrogens is 2. The lowest BCUT2D eigenvalue weighted by atomic mass is 10.2. The van der Waals surface area contributed by atoms with Crippen molar-refractivity contribution in [2.75, 3.05) is 5.73 Å². The third-order valence-electron chi connectivity index (χ3n) is 3.48. The Morgan fingerprint density at radius 3 is 2.68 bits per heavy atom. The van der Waals surface area contributed by atoms with Crippen LogP contribution in [0.25, 0.3) is 0 Å². The van der Waals surface area contributed by atoms with Crippen molar-refractivity contribution in [3.05, 3.63) is 45.2 Å². The second-order valence-corrected chi connectivity index (χ2v) is 7.73. The Morgan fingerprint density at radius 1 is 1.23 bits per heavy atom. The van der Waals surface area contributed by atoms with Crippen LogP contribution >= 0.6 is 23.2 Å². The number of hydrogen-bond acceptors (Lipinski definition) is 5. The summed E-state index contributed by atoms with van der Waals surface area (Å²) < 4.78 is 26.9. The largest absolute Gasteiger partial charge is 0.368 e. The minimum absolute atomic E-state index is 0.0322. The van der Waals surface area contributed by atoms with Crippen molar-refractivity contribution in [1.29, 1.82) is 0 Å². The van der Waals surface area contributed by atoms with Crippen LogP contribution in [0, 0.1) is 6.92 Å². The van der Waals surface area contributed by atoms with E-state index in [2.05, 4.69) is 9.97 Å². The van der Waals surface area contributed by atoms with E-state index in [-0.39, 0.29) is 29.0 Å². The number of anilines is 1. The number of sulfonamides is 1. The molecule has 6 nitrogen and oxygen atoms in total. The zero-order valence-electron chi connectivity index (χ0n) is 11.5. The highest BCUT2D eigenvalue weighted by molar-refractivity contribution is 7.89. The Labute approximate surface area is 137 Å². The van der Waals surface area contributed by atoms with Crippen molar-refractivity contribution >= 4 is 39.2 Å². The third-order valence-corrected chi connectivity index (χ3v) is 6.14. The number of nitrogens with zero attached hydrogens (tertiary/aromatic N) is 3. The van der Waals surface area contributed by atoms with E-state index in [0.717, 1.165) is 5.56 Å². The molecule has 0 fully saturated rings. The topological polar surface area (TPSA) is 89.2 Å². The fraction of sp³-hybridized carbons (Fsp3) is 0.231. The highest BCUT2D eigenvalue weighted by atomic mass is 35.5. The number of fused-ring (bicyclic) bond motifs is 1. The lowest BCUT2D eigenvalue weighted by Gasteiger charge is -2.17. The SMILES string of the molecule is Cc1cc(S(=O)(=O)N2Cc3cnc(N)nc3C2)c(Cl)cc1Cl. The Bertz CT molecular complexity index is 871. The highest BCUT2D eigenvalue weighted by Gasteiger charge is 2.33. The molecule has 0 unspecified atom stereocenters. The first-order valence-electron chi connectivity index (χ1n) is 6.35. The smallest absolute Gasteiger partial charge is 0.245 e. The molecule has 0 saturated heterocycles. The predicted octanol–water partition coefficient (Wildman–Crippen LogP) is 2.38. The molecule has 2 N–H and O–H groups in total. The summed E-state index contributed by atoms with van der Waals surface area (Å²) in [6.07, 6.45) is 1.54. The molecule has 2 aromatic rings. The van der Waals surface area contributed by atoms with Gasteiger partial charge in [0, 0.05) is 23.3 Å². The van der Waals surface area contributed by atoms with Crippen molar-refractivity contribution in [1.82, 2.24) is 14.3 Å². The molecule has 1 aromatic carbocycles. The van der Waals surface area contributed by atoms with Gasteiger partial charge in [-0.3, -0.25) is 0 Å². The third kappa shape index (κ3) is 2.54. The number of halogens is 2. The minimum Gasteiger partial charge on any atom is -0.368 e. The fourth-order valence-corrected chi connectivity index (χ4v) is 4.46. The fourth-order valence-electron chi connectivity index (χ4n) is 2.28. The van der Waals surface area contributed by atoms with E-state index in [1.165, 1.54) is 16.4 Å². The van der Waals surface area contributed by atoms with Gasteiger partial charge in [0.1, 0.15) is 4.90 Å². The lowest BCUT2D eigenvalue weighted by Crippen LogP contribution is -2.26. The van der Waals surface area contributed by atoms with E-state index in [4.69, 9.17) is 28.9 Å². The van der Waals surface area contributed by atoms with Crippen LogP contribution < -0.4 is 5.73 Å². The summed E-state index contributed by atoms with van der Waals surface area (Å²) in [7, 11) is -3.76. The molecule has 0 bridgehead atoms. The Hall–Kier alpha value is -1.41. The van der Waals surface area contributed by atoms with Crippen LogP contribution in [0.2, 0.25) is 10.0 Å². The van der Waals surface area contributed by atoms with Gasteiger partial charge in [0.05, 0.1) is 17.3 Å². The first-order valence-corrected chi connectivity index (χ1v) is 8.54. The standard InChI is InChI=1S/C13H12Cl2N4O2S/c1-7-2-12(10(15)3-9(7)14)22(20,21)19-5-8-4-17-13(16)18-11(8)6-19/h2-4H,5-6H2,1H3,(H2,16,17,18). The van der Waals surface area contributed by atoms with Gasteiger partial charge in [-0.05, 0) is 24.6 Å². The van der Waals surface area contributed by atoms with Gasteiger partial charge in [-0.1, -0.05) is 23.2 Å².